The van der Waals surface area contributed by atoms with Crippen LogP contribution in [-0.2, 0) is 14.6 Å². The van der Waals surface area contributed by atoms with Gasteiger partial charge in [-0.2, -0.15) is 0 Å². The van der Waals surface area contributed by atoms with Gasteiger partial charge in [-0.3, -0.25) is 4.79 Å². The minimum Gasteiger partial charge on any atom is -0.495 e. The van der Waals surface area contributed by atoms with Crippen molar-refractivity contribution in [2.45, 2.75) is 31.3 Å². The number of para-hydroxylation sites is 2. The summed E-state index contributed by atoms with van der Waals surface area (Å²) >= 11 is 0. The number of carbonyl (C=O) groups excluding carboxylic acids is 1. The fourth-order valence-corrected chi connectivity index (χ4v) is 4.11. The first-order chi connectivity index (χ1) is 11.3. The number of anilines is 1. The van der Waals surface area contributed by atoms with Crippen molar-refractivity contribution >= 4 is 21.4 Å². The molecular formula is C17H26N2O4S. The van der Waals surface area contributed by atoms with Gasteiger partial charge in [0.1, 0.15) is 11.0 Å². The first kappa shape index (κ1) is 18.6. The zero-order valence-corrected chi connectivity index (χ0v) is 15.5. The van der Waals surface area contributed by atoms with E-state index in [2.05, 4.69) is 4.90 Å². The lowest BCUT2D eigenvalue weighted by Gasteiger charge is -2.37. The Labute approximate surface area is 144 Å². The van der Waals surface area contributed by atoms with E-state index in [0.29, 0.717) is 26.2 Å². The van der Waals surface area contributed by atoms with E-state index in [-0.39, 0.29) is 5.91 Å². The molecule has 7 heteroatoms. The van der Waals surface area contributed by atoms with Crippen LogP contribution >= 0.6 is 0 Å². The van der Waals surface area contributed by atoms with Crippen LogP contribution in [0.25, 0.3) is 0 Å². The van der Waals surface area contributed by atoms with Gasteiger partial charge in [0.2, 0.25) is 5.91 Å². The van der Waals surface area contributed by atoms with E-state index in [1.54, 1.807) is 25.9 Å². The number of sulfone groups is 1. The molecular weight excluding hydrogens is 328 g/mol. The third-order valence-corrected chi connectivity index (χ3v) is 7.02. The number of nitrogens with zero attached hydrogens (tertiary/aromatic N) is 2. The van der Waals surface area contributed by atoms with Crippen LogP contribution in [0, 0.1) is 0 Å². The van der Waals surface area contributed by atoms with E-state index >= 15 is 0 Å². The molecule has 0 radical (unpaired) electrons. The average Bonchev–Trinajstić information content (AvgIpc) is 2.60. The number of carbonyl (C=O) groups is 1. The molecule has 1 atom stereocenters. The Morgan fingerprint density at radius 3 is 2.21 bits per heavy atom. The highest BCUT2D eigenvalue weighted by atomic mass is 32.2. The molecule has 0 aliphatic carbocycles. The minimum atomic E-state index is -3.43. The van der Waals surface area contributed by atoms with Gasteiger partial charge in [-0.1, -0.05) is 12.1 Å². The second kappa shape index (κ2) is 7.42. The second-order valence-electron chi connectivity index (χ2n) is 6.26. The Kier molecular flexibility index (Phi) is 5.74. The fraction of sp³-hybridized carbons (Fsp3) is 0.588. The summed E-state index contributed by atoms with van der Waals surface area (Å²) in [5.74, 6) is 0.497. The van der Waals surface area contributed by atoms with Crippen molar-refractivity contribution in [1.29, 1.82) is 0 Å². The predicted octanol–water partition coefficient (Wildman–Crippen LogP) is 1.56. The van der Waals surface area contributed by atoms with Gasteiger partial charge < -0.3 is 14.5 Å². The van der Waals surface area contributed by atoms with Gasteiger partial charge in [0.25, 0.3) is 0 Å². The molecule has 24 heavy (non-hydrogen) atoms. The standard InChI is InChI=1S/C17H26N2O4S/c1-13(2)24(21,22)14(3)17(20)19-11-9-18(10-12-19)15-7-5-6-8-16(15)23-4/h5-8,13-14H,9-12H2,1-4H3. The lowest BCUT2D eigenvalue weighted by molar-refractivity contribution is -0.130. The zero-order chi connectivity index (χ0) is 17.9. The second-order valence-corrected chi connectivity index (χ2v) is 9.09. The molecule has 1 aromatic rings. The van der Waals surface area contributed by atoms with Crippen molar-refractivity contribution in [3.05, 3.63) is 24.3 Å². The molecule has 1 unspecified atom stereocenters. The molecule has 0 saturated carbocycles. The number of piperazine rings is 1. The number of rotatable bonds is 5. The monoisotopic (exact) mass is 354 g/mol. The van der Waals surface area contributed by atoms with Gasteiger partial charge >= 0.3 is 0 Å². The molecule has 1 fully saturated rings. The maximum absolute atomic E-state index is 12.5. The highest BCUT2D eigenvalue weighted by Crippen LogP contribution is 2.28. The predicted molar refractivity (Wildman–Crippen MR) is 95.3 cm³/mol. The summed E-state index contributed by atoms with van der Waals surface area (Å²) < 4.78 is 29.8. The molecule has 1 aliphatic heterocycles. The summed E-state index contributed by atoms with van der Waals surface area (Å²) in [7, 11) is -1.79. The minimum absolute atomic E-state index is 0.302. The maximum Gasteiger partial charge on any atom is 0.240 e. The fourth-order valence-electron chi connectivity index (χ4n) is 2.86. The summed E-state index contributed by atoms with van der Waals surface area (Å²) in [4.78, 5) is 16.3. The first-order valence-electron chi connectivity index (χ1n) is 8.18. The molecule has 134 valence electrons. The Balaban J connectivity index is 2.04. The third kappa shape index (κ3) is 3.66. The van der Waals surface area contributed by atoms with Gasteiger partial charge in [-0.05, 0) is 32.9 Å². The van der Waals surface area contributed by atoms with E-state index in [9.17, 15) is 13.2 Å². The highest BCUT2D eigenvalue weighted by molar-refractivity contribution is 7.93. The van der Waals surface area contributed by atoms with E-state index in [1.165, 1.54) is 6.92 Å². The maximum atomic E-state index is 12.5. The summed E-state index contributed by atoms with van der Waals surface area (Å²) in [5.41, 5.74) is 0.995. The average molecular weight is 354 g/mol. The summed E-state index contributed by atoms with van der Waals surface area (Å²) in [6.45, 7) is 7.03. The first-order valence-corrected chi connectivity index (χ1v) is 9.79. The molecule has 2 rings (SSSR count). The van der Waals surface area contributed by atoms with Crippen LogP contribution in [0.15, 0.2) is 24.3 Å². The molecule has 6 nitrogen and oxygen atoms in total. The van der Waals surface area contributed by atoms with Crippen molar-refractivity contribution in [2.24, 2.45) is 0 Å². The van der Waals surface area contributed by atoms with Crippen molar-refractivity contribution in [3.63, 3.8) is 0 Å². The van der Waals surface area contributed by atoms with Crippen molar-refractivity contribution in [2.75, 3.05) is 38.2 Å². The van der Waals surface area contributed by atoms with Gasteiger partial charge in [-0.25, -0.2) is 8.42 Å². The summed E-state index contributed by atoms with van der Waals surface area (Å²) in [5, 5.41) is -1.54. The van der Waals surface area contributed by atoms with Crippen LogP contribution in [0.1, 0.15) is 20.8 Å². The number of amides is 1. The number of ether oxygens (including phenoxy) is 1. The van der Waals surface area contributed by atoms with Crippen LogP contribution < -0.4 is 9.64 Å². The molecule has 1 amide bonds. The molecule has 1 aromatic carbocycles. The SMILES string of the molecule is COc1ccccc1N1CCN(C(=O)C(C)S(=O)(=O)C(C)C)CC1. The Morgan fingerprint density at radius 1 is 1.08 bits per heavy atom. The quantitative estimate of drug-likeness (QED) is 0.803. The lowest BCUT2D eigenvalue weighted by Crippen LogP contribution is -2.52. The van der Waals surface area contributed by atoms with Crippen molar-refractivity contribution in [1.82, 2.24) is 4.90 Å². The lowest BCUT2D eigenvalue weighted by atomic mass is 10.2. The Bertz CT molecular complexity index is 680. The normalized spacial score (nSPS) is 17.0. The van der Waals surface area contributed by atoms with Gasteiger partial charge in [0, 0.05) is 26.2 Å². The molecule has 1 saturated heterocycles. The smallest absolute Gasteiger partial charge is 0.240 e. The van der Waals surface area contributed by atoms with Crippen molar-refractivity contribution in [3.8, 4) is 5.75 Å². The molecule has 0 bridgehead atoms. The number of hydrogen-bond donors (Lipinski definition) is 0. The third-order valence-electron chi connectivity index (χ3n) is 4.51. The van der Waals surface area contributed by atoms with E-state index in [1.807, 2.05) is 24.3 Å². The van der Waals surface area contributed by atoms with E-state index in [0.717, 1.165) is 11.4 Å². The van der Waals surface area contributed by atoms with Gasteiger partial charge in [0.05, 0.1) is 18.0 Å². The largest absolute Gasteiger partial charge is 0.495 e. The number of methoxy groups -OCH3 is 1. The van der Waals surface area contributed by atoms with Gasteiger partial charge in [0.15, 0.2) is 9.84 Å². The van der Waals surface area contributed by atoms with Crippen LogP contribution in [0.2, 0.25) is 0 Å². The Morgan fingerprint density at radius 2 is 1.67 bits per heavy atom. The summed E-state index contributed by atoms with van der Waals surface area (Å²) in [6, 6.07) is 7.76. The van der Waals surface area contributed by atoms with E-state index < -0.39 is 20.3 Å². The van der Waals surface area contributed by atoms with Crippen molar-refractivity contribution < 1.29 is 17.9 Å². The van der Waals surface area contributed by atoms with Gasteiger partial charge in [-0.15, -0.1) is 0 Å². The van der Waals surface area contributed by atoms with E-state index in [4.69, 9.17) is 4.74 Å². The highest BCUT2D eigenvalue weighted by Gasteiger charge is 2.35. The number of benzene rings is 1. The van der Waals surface area contributed by atoms with Crippen LogP contribution in [0.3, 0.4) is 0 Å². The molecule has 0 aromatic heterocycles. The molecule has 0 N–H and O–H groups in total. The molecule has 0 spiro atoms. The Hall–Kier alpha value is -1.76. The zero-order valence-electron chi connectivity index (χ0n) is 14.7. The summed E-state index contributed by atoms with van der Waals surface area (Å²) in [6.07, 6.45) is 0. The topological polar surface area (TPSA) is 66.9 Å². The van der Waals surface area contributed by atoms with Crippen LogP contribution in [-0.4, -0.2) is 63.0 Å². The number of hydrogen-bond acceptors (Lipinski definition) is 5. The van der Waals surface area contributed by atoms with Crippen LogP contribution in [0.4, 0.5) is 5.69 Å². The van der Waals surface area contributed by atoms with Crippen LogP contribution in [0.5, 0.6) is 5.75 Å². The molecule has 1 aliphatic rings. The molecule has 1 heterocycles.